The predicted octanol–water partition coefficient (Wildman–Crippen LogP) is 3.93. The number of nitriles is 1. The first kappa shape index (κ1) is 28.9. The fourth-order valence-electron chi connectivity index (χ4n) is 4.45. The predicted molar refractivity (Wildman–Crippen MR) is 143 cm³/mol. The van der Waals surface area contributed by atoms with Gasteiger partial charge in [0, 0.05) is 5.69 Å². The number of fused-ring (bicyclic) bond motifs is 1. The number of rotatable bonds is 8. The van der Waals surface area contributed by atoms with Gasteiger partial charge in [-0.1, -0.05) is 6.08 Å². The highest BCUT2D eigenvalue weighted by molar-refractivity contribution is 7.81. The van der Waals surface area contributed by atoms with Crippen molar-refractivity contribution in [3.8, 4) is 18.0 Å². The summed E-state index contributed by atoms with van der Waals surface area (Å²) in [6, 6.07) is 5.17. The second kappa shape index (κ2) is 10.8. The molecule has 4 rings (SSSR count). The number of thiol groups is 1. The van der Waals surface area contributed by atoms with Crippen LogP contribution in [-0.2, 0) is 10.7 Å². The van der Waals surface area contributed by atoms with Gasteiger partial charge in [-0.05, 0) is 45.0 Å². The van der Waals surface area contributed by atoms with Crippen LogP contribution in [0.1, 0.15) is 32.0 Å². The molecule has 210 valence electrons. The van der Waals surface area contributed by atoms with E-state index in [1.54, 1.807) is 19.9 Å². The third-order valence-corrected chi connectivity index (χ3v) is 6.73. The fourth-order valence-corrected chi connectivity index (χ4v) is 5.11. The van der Waals surface area contributed by atoms with E-state index in [1.165, 1.54) is 25.0 Å². The van der Waals surface area contributed by atoms with Crippen molar-refractivity contribution in [2.45, 2.75) is 37.7 Å². The van der Waals surface area contributed by atoms with Gasteiger partial charge in [-0.15, -0.1) is 12.6 Å². The quantitative estimate of drug-likeness (QED) is 0.304. The summed E-state index contributed by atoms with van der Waals surface area (Å²) in [7, 11) is 1.31. The largest absolute Gasteiger partial charge is 0.475 e. The molecule has 1 saturated heterocycles. The van der Waals surface area contributed by atoms with E-state index in [-0.39, 0.29) is 47.4 Å². The minimum absolute atomic E-state index is 0.0277. The first-order chi connectivity index (χ1) is 18.9. The van der Waals surface area contributed by atoms with Crippen LogP contribution in [0.15, 0.2) is 36.5 Å². The number of hydrogen-bond acceptors (Lipinski definition) is 10. The lowest BCUT2D eigenvalue weighted by atomic mass is 10.0. The summed E-state index contributed by atoms with van der Waals surface area (Å²) in [5.41, 5.74) is -3.57. The first-order valence-corrected chi connectivity index (χ1v) is 12.4. The summed E-state index contributed by atoms with van der Waals surface area (Å²) in [4.78, 5) is 28.3. The molecule has 1 N–H and O–H groups in total. The highest BCUT2D eigenvalue weighted by atomic mass is 32.1. The Labute approximate surface area is 233 Å². The van der Waals surface area contributed by atoms with Gasteiger partial charge in [0.05, 0.1) is 36.6 Å². The van der Waals surface area contributed by atoms with Crippen molar-refractivity contribution in [3.05, 3.63) is 53.6 Å². The SMILES string of the molecule is C/C=C/C(F)(F)c1cc(N2C(=O)C(C)(C)N(c3cc(F)c4nc(OC)nc(OCCO)c4c3)C2S)cnc1C#N. The number of halogens is 3. The van der Waals surface area contributed by atoms with E-state index in [4.69, 9.17) is 9.47 Å². The molecule has 1 unspecified atom stereocenters. The molecular weight excluding hydrogens is 549 g/mol. The van der Waals surface area contributed by atoms with E-state index in [0.717, 1.165) is 29.3 Å². The Morgan fingerprint density at radius 1 is 1.27 bits per heavy atom. The molecule has 1 aliphatic heterocycles. The number of amides is 1. The number of alkyl halides is 2. The molecule has 0 aliphatic carbocycles. The maximum atomic E-state index is 15.4. The number of ether oxygens (including phenoxy) is 2. The van der Waals surface area contributed by atoms with E-state index >= 15 is 4.39 Å². The van der Waals surface area contributed by atoms with E-state index in [1.807, 2.05) is 0 Å². The lowest BCUT2D eigenvalue weighted by molar-refractivity contribution is -0.120. The number of aromatic nitrogens is 3. The zero-order valence-electron chi connectivity index (χ0n) is 21.9. The Kier molecular flexibility index (Phi) is 7.82. The fraction of sp³-hybridized carbons (Fsp3) is 0.346. The second-order valence-corrected chi connectivity index (χ2v) is 9.65. The maximum absolute atomic E-state index is 15.4. The van der Waals surface area contributed by atoms with E-state index in [9.17, 15) is 23.9 Å². The maximum Gasteiger partial charge on any atom is 0.320 e. The standard InChI is InChI=1S/C26H25F3N6O4S/c1-5-6-26(28,29)17-10-15(13-31-19(17)12-30)34-22(37)25(2,3)35(24(34)40)14-9-16-20(18(27)11-14)32-23(38-4)33-21(16)39-8-7-36/h5-6,9-11,13,24,36,40H,7-8H2,1-4H3/b6-5+. The lowest BCUT2D eigenvalue weighted by Gasteiger charge is -2.33. The van der Waals surface area contributed by atoms with Crippen LogP contribution in [0.3, 0.4) is 0 Å². The van der Waals surface area contributed by atoms with Gasteiger partial charge >= 0.3 is 6.01 Å². The molecule has 3 heterocycles. The summed E-state index contributed by atoms with van der Waals surface area (Å²) in [5, 5.41) is 18.7. The Morgan fingerprint density at radius 3 is 2.62 bits per heavy atom. The Morgan fingerprint density at radius 2 is 2.00 bits per heavy atom. The van der Waals surface area contributed by atoms with Crippen LogP contribution in [0, 0.1) is 17.1 Å². The van der Waals surface area contributed by atoms with Crippen LogP contribution >= 0.6 is 12.6 Å². The van der Waals surface area contributed by atoms with Crippen LogP contribution in [0.4, 0.5) is 24.5 Å². The minimum atomic E-state index is -3.53. The first-order valence-electron chi connectivity index (χ1n) is 11.9. The number of anilines is 2. The van der Waals surface area contributed by atoms with Crippen LogP contribution in [-0.4, -0.2) is 57.3 Å². The van der Waals surface area contributed by atoms with Gasteiger partial charge < -0.3 is 19.5 Å². The molecule has 3 aromatic rings. The van der Waals surface area contributed by atoms with Crippen molar-refractivity contribution >= 4 is 40.8 Å². The molecule has 1 aliphatic rings. The monoisotopic (exact) mass is 574 g/mol. The number of aliphatic hydroxyl groups excluding tert-OH is 1. The second-order valence-electron chi connectivity index (χ2n) is 9.19. The minimum Gasteiger partial charge on any atom is -0.475 e. The molecule has 1 fully saturated rings. The van der Waals surface area contributed by atoms with Gasteiger partial charge in [-0.3, -0.25) is 9.69 Å². The van der Waals surface area contributed by atoms with Gasteiger partial charge in [-0.25, -0.2) is 9.37 Å². The highest BCUT2D eigenvalue weighted by Crippen LogP contribution is 2.43. The zero-order valence-corrected chi connectivity index (χ0v) is 22.8. The summed E-state index contributed by atoms with van der Waals surface area (Å²) >= 11 is 4.62. The Hall–Kier alpha value is -4.09. The molecular formula is C26H25F3N6O4S. The molecule has 14 heteroatoms. The molecule has 0 spiro atoms. The normalized spacial score (nSPS) is 17.1. The smallest absolute Gasteiger partial charge is 0.320 e. The number of carbonyl (C=O) groups excluding carboxylic acids is 1. The van der Waals surface area contributed by atoms with Crippen LogP contribution < -0.4 is 19.3 Å². The Bertz CT molecular complexity index is 1550. The molecule has 2 aromatic heterocycles. The van der Waals surface area contributed by atoms with Gasteiger partial charge in [-0.2, -0.15) is 24.0 Å². The number of allylic oxidation sites excluding steroid dienone is 2. The number of aliphatic hydroxyl groups is 1. The van der Waals surface area contributed by atoms with Crippen molar-refractivity contribution in [1.29, 1.82) is 5.26 Å². The number of methoxy groups -OCH3 is 1. The molecule has 0 saturated carbocycles. The van der Waals surface area contributed by atoms with Crippen molar-refractivity contribution in [3.63, 3.8) is 0 Å². The molecule has 1 atom stereocenters. The molecule has 40 heavy (non-hydrogen) atoms. The van der Waals surface area contributed by atoms with Crippen LogP contribution in [0.25, 0.3) is 10.9 Å². The van der Waals surface area contributed by atoms with Crippen molar-refractivity contribution < 1.29 is 32.5 Å². The number of benzene rings is 1. The van der Waals surface area contributed by atoms with Crippen molar-refractivity contribution in [2.24, 2.45) is 0 Å². The molecule has 1 amide bonds. The highest BCUT2D eigenvalue weighted by Gasteiger charge is 2.52. The van der Waals surface area contributed by atoms with Crippen LogP contribution in [0.5, 0.6) is 11.9 Å². The molecule has 0 radical (unpaired) electrons. The summed E-state index contributed by atoms with van der Waals surface area (Å²) in [6.45, 7) is 4.09. The number of hydrogen-bond donors (Lipinski definition) is 2. The van der Waals surface area contributed by atoms with Crippen LogP contribution in [0.2, 0.25) is 0 Å². The average molecular weight is 575 g/mol. The average Bonchev–Trinajstić information content (AvgIpc) is 3.09. The van der Waals surface area contributed by atoms with Gasteiger partial charge in [0.25, 0.3) is 11.8 Å². The number of pyridine rings is 1. The molecule has 0 bridgehead atoms. The van der Waals surface area contributed by atoms with E-state index in [2.05, 4.69) is 27.6 Å². The van der Waals surface area contributed by atoms with E-state index in [0.29, 0.717) is 6.08 Å². The topological polar surface area (TPSA) is 125 Å². The zero-order chi connectivity index (χ0) is 29.4. The Balaban J connectivity index is 1.85. The van der Waals surface area contributed by atoms with Gasteiger partial charge in [0.1, 0.15) is 29.4 Å². The van der Waals surface area contributed by atoms with Gasteiger partial charge in [0.2, 0.25) is 5.88 Å². The number of nitrogens with zero attached hydrogens (tertiary/aromatic N) is 6. The van der Waals surface area contributed by atoms with Gasteiger partial charge in [0.15, 0.2) is 11.3 Å². The molecule has 10 nitrogen and oxygen atoms in total. The lowest BCUT2D eigenvalue weighted by Crippen LogP contribution is -2.45. The van der Waals surface area contributed by atoms with E-state index < -0.39 is 39.9 Å². The summed E-state index contributed by atoms with van der Waals surface area (Å²) in [5.74, 6) is -4.90. The van der Waals surface area contributed by atoms with Crippen molar-refractivity contribution in [1.82, 2.24) is 15.0 Å². The summed E-state index contributed by atoms with van der Waals surface area (Å²) in [6.07, 6.45) is 2.91. The third kappa shape index (κ3) is 4.86. The number of carbonyl (C=O) groups is 1. The third-order valence-electron chi connectivity index (χ3n) is 6.27. The molecule has 1 aromatic carbocycles. The summed E-state index contributed by atoms with van der Waals surface area (Å²) < 4.78 is 55.6. The van der Waals surface area contributed by atoms with Crippen molar-refractivity contribution in [2.75, 3.05) is 30.1 Å².